The number of hydrogen-bond donors (Lipinski definition) is 1. The minimum absolute atomic E-state index is 0.0823. The first-order chi connectivity index (χ1) is 12.9. The van der Waals surface area contributed by atoms with Gasteiger partial charge in [0.05, 0.1) is 11.6 Å². The van der Waals surface area contributed by atoms with Gasteiger partial charge in [0.15, 0.2) is 0 Å². The molecule has 0 spiro atoms. The van der Waals surface area contributed by atoms with Gasteiger partial charge in [0.25, 0.3) is 0 Å². The van der Waals surface area contributed by atoms with Gasteiger partial charge in [-0.2, -0.15) is 0 Å². The first kappa shape index (κ1) is 20.9. The van der Waals surface area contributed by atoms with Crippen molar-refractivity contribution in [3.63, 3.8) is 0 Å². The first-order valence-corrected chi connectivity index (χ1v) is 9.57. The number of amides is 1. The number of aromatic carboxylic acids is 1. The van der Waals surface area contributed by atoms with Crippen LogP contribution in [0.4, 0.5) is 4.39 Å². The van der Waals surface area contributed by atoms with Crippen LogP contribution in [0.3, 0.4) is 0 Å². The Balaban J connectivity index is 1.97. The molecule has 1 amide bonds. The molecule has 1 aliphatic heterocycles. The maximum atomic E-state index is 14.2. The molecule has 146 valence electrons. The van der Waals surface area contributed by atoms with Crippen LogP contribution < -0.4 is 0 Å². The maximum Gasteiger partial charge on any atom is 0.335 e. The van der Waals surface area contributed by atoms with Crippen molar-refractivity contribution in [2.24, 2.45) is 0 Å². The topological polar surface area (TPSA) is 57.6 Å². The number of nitrogens with zero attached hydrogens (tertiary/aromatic N) is 1. The third kappa shape index (κ3) is 6.05. The molecule has 0 unspecified atom stereocenters. The zero-order valence-electron chi connectivity index (χ0n) is 16.1. The van der Waals surface area contributed by atoms with Gasteiger partial charge in [0.2, 0.25) is 5.91 Å². The zero-order valence-corrected chi connectivity index (χ0v) is 16.1. The highest BCUT2D eigenvalue weighted by atomic mass is 19.1. The van der Waals surface area contributed by atoms with E-state index in [0.717, 1.165) is 30.4 Å². The van der Waals surface area contributed by atoms with Crippen molar-refractivity contribution in [2.75, 3.05) is 6.54 Å². The van der Waals surface area contributed by atoms with Crippen molar-refractivity contribution in [1.82, 2.24) is 4.90 Å². The van der Waals surface area contributed by atoms with E-state index in [1.165, 1.54) is 6.08 Å². The predicted octanol–water partition coefficient (Wildman–Crippen LogP) is 4.91. The number of halogens is 1. The number of carbonyl (C=O) groups excluding carboxylic acids is 1. The highest BCUT2D eigenvalue weighted by molar-refractivity contribution is 5.87. The Morgan fingerprint density at radius 1 is 1.33 bits per heavy atom. The Morgan fingerprint density at radius 2 is 2.04 bits per heavy atom. The molecule has 0 bridgehead atoms. The van der Waals surface area contributed by atoms with Crippen molar-refractivity contribution in [3.8, 4) is 0 Å². The largest absolute Gasteiger partial charge is 0.478 e. The summed E-state index contributed by atoms with van der Waals surface area (Å²) in [6.45, 7) is 4.44. The molecular weight excluding hydrogens is 345 g/mol. The fourth-order valence-corrected chi connectivity index (χ4v) is 3.21. The fraction of sp³-hybridized carbons (Fsp3) is 0.455. The minimum atomic E-state index is -0.953. The Labute approximate surface area is 160 Å². The lowest BCUT2D eigenvalue weighted by Crippen LogP contribution is -2.33. The highest BCUT2D eigenvalue weighted by Crippen LogP contribution is 2.22. The molecule has 1 atom stereocenters. The van der Waals surface area contributed by atoms with E-state index in [-0.39, 0.29) is 23.3 Å². The molecule has 1 heterocycles. The van der Waals surface area contributed by atoms with Gasteiger partial charge in [-0.1, -0.05) is 31.6 Å². The first-order valence-electron chi connectivity index (χ1n) is 9.57. The second-order valence-corrected chi connectivity index (χ2v) is 7.04. The Hall–Kier alpha value is -2.43. The van der Waals surface area contributed by atoms with Gasteiger partial charge in [-0.3, -0.25) is 4.79 Å². The van der Waals surface area contributed by atoms with Gasteiger partial charge in [0, 0.05) is 13.0 Å². The summed E-state index contributed by atoms with van der Waals surface area (Å²) >= 11 is 0. The van der Waals surface area contributed by atoms with Gasteiger partial charge in [-0.15, -0.1) is 0 Å². The third-order valence-corrected chi connectivity index (χ3v) is 4.99. The molecule has 1 aliphatic rings. The van der Waals surface area contributed by atoms with Crippen molar-refractivity contribution in [3.05, 3.63) is 58.9 Å². The lowest BCUT2D eigenvalue weighted by atomic mass is 10.1. The summed E-state index contributed by atoms with van der Waals surface area (Å²) in [5.41, 5.74) is 1.98. The van der Waals surface area contributed by atoms with E-state index >= 15 is 0 Å². The summed E-state index contributed by atoms with van der Waals surface area (Å²) in [7, 11) is 0. The van der Waals surface area contributed by atoms with Crippen LogP contribution in [-0.4, -0.2) is 34.5 Å². The van der Waals surface area contributed by atoms with Gasteiger partial charge in [-0.25, -0.2) is 9.18 Å². The van der Waals surface area contributed by atoms with E-state index in [1.54, 1.807) is 35.2 Å². The van der Waals surface area contributed by atoms with Crippen LogP contribution >= 0.6 is 0 Å². The molecule has 1 saturated heterocycles. The summed E-state index contributed by atoms with van der Waals surface area (Å²) in [6.07, 6.45) is 7.89. The average molecular weight is 373 g/mol. The zero-order chi connectivity index (χ0) is 19.8. The van der Waals surface area contributed by atoms with Crippen LogP contribution in [0.25, 0.3) is 0 Å². The molecular formula is C22H28FNO3. The molecule has 0 aliphatic carbocycles. The van der Waals surface area contributed by atoms with E-state index < -0.39 is 5.97 Å². The van der Waals surface area contributed by atoms with Crippen LogP contribution in [0, 0.1) is 0 Å². The molecule has 2 rings (SSSR count). The smallest absolute Gasteiger partial charge is 0.335 e. The third-order valence-electron chi connectivity index (χ3n) is 4.99. The van der Waals surface area contributed by atoms with Crippen LogP contribution in [0.5, 0.6) is 0 Å². The lowest BCUT2D eigenvalue weighted by molar-refractivity contribution is -0.128. The predicted molar refractivity (Wildman–Crippen MR) is 104 cm³/mol. The van der Waals surface area contributed by atoms with Crippen molar-refractivity contribution >= 4 is 11.9 Å². The number of carbonyl (C=O) groups is 2. The van der Waals surface area contributed by atoms with Gasteiger partial charge in [-0.05, 0) is 62.0 Å². The molecule has 1 aromatic rings. The maximum absolute atomic E-state index is 14.2. The summed E-state index contributed by atoms with van der Waals surface area (Å²) < 4.78 is 14.2. The number of benzene rings is 1. The molecule has 27 heavy (non-hydrogen) atoms. The number of hydrogen-bond acceptors (Lipinski definition) is 2. The second-order valence-electron chi connectivity index (χ2n) is 7.04. The Bertz CT molecular complexity index is 722. The Morgan fingerprint density at radius 3 is 2.67 bits per heavy atom. The quantitative estimate of drug-likeness (QED) is 0.626. The van der Waals surface area contributed by atoms with Gasteiger partial charge >= 0.3 is 5.97 Å². The van der Waals surface area contributed by atoms with Crippen LogP contribution in [-0.2, 0) is 11.2 Å². The molecule has 4 nitrogen and oxygen atoms in total. The van der Waals surface area contributed by atoms with Crippen LogP contribution in [0.15, 0.2) is 47.8 Å². The fourth-order valence-electron chi connectivity index (χ4n) is 3.21. The molecule has 1 fully saturated rings. The second kappa shape index (κ2) is 10.0. The van der Waals surface area contributed by atoms with Crippen LogP contribution in [0.1, 0.15) is 61.9 Å². The Kier molecular flexibility index (Phi) is 7.77. The molecule has 0 aromatic heterocycles. The molecule has 0 saturated carbocycles. The number of unbranched alkanes of at least 4 members (excludes halogenated alkanes) is 1. The van der Waals surface area contributed by atoms with Crippen molar-refractivity contribution in [2.45, 2.75) is 58.4 Å². The molecule has 1 aromatic carbocycles. The number of rotatable bonds is 9. The molecule has 1 N–H and O–H groups in total. The van der Waals surface area contributed by atoms with Crippen molar-refractivity contribution < 1.29 is 19.1 Å². The summed E-state index contributed by atoms with van der Waals surface area (Å²) in [4.78, 5) is 24.9. The van der Waals surface area contributed by atoms with E-state index in [2.05, 4.69) is 6.92 Å². The van der Waals surface area contributed by atoms with E-state index in [4.69, 9.17) is 5.11 Å². The number of carboxylic acids is 1. The minimum Gasteiger partial charge on any atom is -0.478 e. The SMILES string of the molecule is CCCC/C(C)=C(F)\C=C/[C@H]1CCC(=O)N1CCc1ccc(C(=O)O)cc1. The standard InChI is InChI=1S/C22H28FNO3/c1-3-4-5-16(2)20(23)12-10-19-11-13-21(25)24(19)15-14-17-6-8-18(9-7-17)22(26)27/h6-10,12,19H,3-5,11,13-15H2,1-2H3,(H,26,27)/b12-10-,20-16+/t19-/m0/s1. The lowest BCUT2D eigenvalue weighted by Gasteiger charge is -2.22. The highest BCUT2D eigenvalue weighted by Gasteiger charge is 2.28. The summed E-state index contributed by atoms with van der Waals surface area (Å²) in [5, 5.41) is 8.94. The molecule has 0 radical (unpaired) electrons. The van der Waals surface area contributed by atoms with E-state index in [9.17, 15) is 14.0 Å². The van der Waals surface area contributed by atoms with E-state index in [0.29, 0.717) is 25.8 Å². The summed E-state index contributed by atoms with van der Waals surface area (Å²) in [5.74, 6) is -1.07. The van der Waals surface area contributed by atoms with Gasteiger partial charge < -0.3 is 10.0 Å². The number of carboxylic acid groups (broad SMARTS) is 1. The normalized spacial score (nSPS) is 18.3. The molecule has 5 heteroatoms. The number of allylic oxidation sites excluding steroid dienone is 3. The number of likely N-dealkylation sites (tertiary alicyclic amines) is 1. The van der Waals surface area contributed by atoms with E-state index in [1.807, 2.05) is 6.92 Å². The van der Waals surface area contributed by atoms with Crippen molar-refractivity contribution in [1.29, 1.82) is 0 Å². The average Bonchev–Trinajstić information content (AvgIpc) is 3.02. The summed E-state index contributed by atoms with van der Waals surface area (Å²) in [6, 6.07) is 6.60. The van der Waals surface area contributed by atoms with Gasteiger partial charge in [0.1, 0.15) is 5.83 Å². The monoisotopic (exact) mass is 373 g/mol. The van der Waals surface area contributed by atoms with Crippen LogP contribution in [0.2, 0.25) is 0 Å².